The van der Waals surface area contributed by atoms with Crippen molar-refractivity contribution in [2.24, 2.45) is 5.73 Å². The lowest BCUT2D eigenvalue weighted by atomic mass is 10.4. The van der Waals surface area contributed by atoms with Crippen LogP contribution < -0.4 is 11.1 Å². The maximum Gasteiger partial charge on any atom is 0.407 e. The standard InChI is InChI=1S/C7H14N2O2/c1-3-4-11-7(10)9-5-6(2)8/h3,6H,1,4-5,8H2,2H3,(H,9,10). The van der Waals surface area contributed by atoms with Crippen LogP contribution in [-0.2, 0) is 4.74 Å². The van der Waals surface area contributed by atoms with Gasteiger partial charge in [-0.15, -0.1) is 0 Å². The van der Waals surface area contributed by atoms with E-state index in [1.165, 1.54) is 6.08 Å². The van der Waals surface area contributed by atoms with Gasteiger partial charge in [0.2, 0.25) is 0 Å². The fourth-order valence-electron chi connectivity index (χ4n) is 0.430. The average molecular weight is 158 g/mol. The SMILES string of the molecule is C=CCOC(=O)NCC(C)N. The monoisotopic (exact) mass is 158 g/mol. The lowest BCUT2D eigenvalue weighted by molar-refractivity contribution is 0.158. The second-order valence-corrected chi connectivity index (χ2v) is 2.25. The van der Waals surface area contributed by atoms with E-state index in [0.717, 1.165) is 0 Å². The second kappa shape index (κ2) is 5.73. The van der Waals surface area contributed by atoms with Crippen molar-refractivity contribution < 1.29 is 9.53 Å². The molecule has 0 aliphatic rings. The summed E-state index contributed by atoms with van der Waals surface area (Å²) in [5, 5.41) is 2.48. The molecule has 0 aliphatic heterocycles. The Morgan fingerprint density at radius 2 is 2.55 bits per heavy atom. The van der Waals surface area contributed by atoms with Crippen molar-refractivity contribution in [3.63, 3.8) is 0 Å². The van der Waals surface area contributed by atoms with Crippen LogP contribution >= 0.6 is 0 Å². The van der Waals surface area contributed by atoms with Gasteiger partial charge in [-0.3, -0.25) is 0 Å². The van der Waals surface area contributed by atoms with Crippen molar-refractivity contribution in [2.45, 2.75) is 13.0 Å². The minimum atomic E-state index is -0.456. The Morgan fingerprint density at radius 1 is 1.91 bits per heavy atom. The summed E-state index contributed by atoms with van der Waals surface area (Å²) in [4.78, 5) is 10.7. The summed E-state index contributed by atoms with van der Waals surface area (Å²) in [6.45, 7) is 5.85. The lowest BCUT2D eigenvalue weighted by Crippen LogP contribution is -2.35. The van der Waals surface area contributed by atoms with Gasteiger partial charge in [-0.2, -0.15) is 0 Å². The smallest absolute Gasteiger partial charge is 0.407 e. The Bertz CT molecular complexity index is 134. The molecule has 11 heavy (non-hydrogen) atoms. The summed E-state index contributed by atoms with van der Waals surface area (Å²) in [5.74, 6) is 0. The van der Waals surface area contributed by atoms with Crippen molar-refractivity contribution in [2.75, 3.05) is 13.2 Å². The van der Waals surface area contributed by atoms with Crippen molar-refractivity contribution in [1.29, 1.82) is 0 Å². The number of alkyl carbamates (subject to hydrolysis) is 1. The van der Waals surface area contributed by atoms with Gasteiger partial charge in [-0.25, -0.2) is 4.79 Å². The molecule has 0 radical (unpaired) electrons. The first kappa shape index (κ1) is 9.97. The summed E-state index contributed by atoms with van der Waals surface area (Å²) in [6.07, 6.45) is 1.05. The van der Waals surface area contributed by atoms with Crippen molar-refractivity contribution in [3.8, 4) is 0 Å². The molecule has 3 N–H and O–H groups in total. The highest BCUT2D eigenvalue weighted by atomic mass is 16.5. The van der Waals surface area contributed by atoms with Gasteiger partial charge >= 0.3 is 6.09 Å². The van der Waals surface area contributed by atoms with Crippen LogP contribution in [0.4, 0.5) is 4.79 Å². The van der Waals surface area contributed by atoms with E-state index in [4.69, 9.17) is 5.73 Å². The molecule has 1 unspecified atom stereocenters. The van der Waals surface area contributed by atoms with Crippen molar-refractivity contribution >= 4 is 6.09 Å². The Hall–Kier alpha value is -1.03. The molecule has 0 aromatic heterocycles. The normalized spacial score (nSPS) is 11.8. The molecule has 0 heterocycles. The molecule has 0 aliphatic carbocycles. The van der Waals surface area contributed by atoms with E-state index in [-0.39, 0.29) is 12.6 Å². The molecule has 0 rings (SSSR count). The maximum absolute atomic E-state index is 10.7. The number of nitrogens with two attached hydrogens (primary N) is 1. The minimum Gasteiger partial charge on any atom is -0.445 e. The average Bonchev–Trinajstić information content (AvgIpc) is 1.97. The molecular weight excluding hydrogens is 144 g/mol. The van der Waals surface area contributed by atoms with E-state index in [1.807, 2.05) is 0 Å². The summed E-state index contributed by atoms with van der Waals surface area (Å²) in [5.41, 5.74) is 5.38. The third-order valence-corrected chi connectivity index (χ3v) is 0.901. The van der Waals surface area contributed by atoms with Crippen LogP contribution in [0.25, 0.3) is 0 Å². The Kier molecular flexibility index (Phi) is 5.20. The largest absolute Gasteiger partial charge is 0.445 e. The van der Waals surface area contributed by atoms with Gasteiger partial charge in [0.15, 0.2) is 0 Å². The van der Waals surface area contributed by atoms with E-state index in [9.17, 15) is 4.79 Å². The number of carbonyl (C=O) groups excluding carboxylic acids is 1. The van der Waals surface area contributed by atoms with Crippen LogP contribution in [0.3, 0.4) is 0 Å². The van der Waals surface area contributed by atoms with E-state index >= 15 is 0 Å². The molecule has 0 aromatic carbocycles. The molecule has 0 bridgehead atoms. The summed E-state index contributed by atoms with van der Waals surface area (Å²) in [6, 6.07) is -0.0497. The van der Waals surface area contributed by atoms with Gasteiger partial charge < -0.3 is 15.8 Å². The number of carbonyl (C=O) groups is 1. The maximum atomic E-state index is 10.7. The highest BCUT2D eigenvalue weighted by Gasteiger charge is 2.00. The molecule has 1 atom stereocenters. The fourth-order valence-corrected chi connectivity index (χ4v) is 0.430. The van der Waals surface area contributed by atoms with Crippen LogP contribution in [0.1, 0.15) is 6.92 Å². The van der Waals surface area contributed by atoms with Gasteiger partial charge in [0.1, 0.15) is 6.61 Å². The number of hydrogen-bond acceptors (Lipinski definition) is 3. The fraction of sp³-hybridized carbons (Fsp3) is 0.571. The number of ether oxygens (including phenoxy) is 1. The van der Waals surface area contributed by atoms with Crippen LogP contribution in [-0.4, -0.2) is 25.3 Å². The molecule has 0 fully saturated rings. The quantitative estimate of drug-likeness (QED) is 0.576. The van der Waals surface area contributed by atoms with Gasteiger partial charge in [0.05, 0.1) is 0 Å². The third-order valence-electron chi connectivity index (χ3n) is 0.901. The van der Waals surface area contributed by atoms with E-state index in [2.05, 4.69) is 16.6 Å². The van der Waals surface area contributed by atoms with Crippen LogP contribution in [0.15, 0.2) is 12.7 Å². The number of rotatable bonds is 4. The minimum absolute atomic E-state index is 0.0497. The molecule has 64 valence electrons. The number of amides is 1. The van der Waals surface area contributed by atoms with Crippen molar-refractivity contribution in [3.05, 3.63) is 12.7 Å². The predicted octanol–water partition coefficient (Wildman–Crippen LogP) is 0.246. The third kappa shape index (κ3) is 6.86. The number of nitrogens with one attached hydrogen (secondary N) is 1. The van der Waals surface area contributed by atoms with Gasteiger partial charge in [-0.05, 0) is 6.92 Å². The Morgan fingerprint density at radius 3 is 3.00 bits per heavy atom. The first-order valence-corrected chi connectivity index (χ1v) is 3.44. The molecule has 4 nitrogen and oxygen atoms in total. The van der Waals surface area contributed by atoms with E-state index in [1.54, 1.807) is 6.92 Å². The zero-order valence-electron chi connectivity index (χ0n) is 6.67. The molecule has 0 aromatic rings. The lowest BCUT2D eigenvalue weighted by Gasteiger charge is -2.06. The first-order chi connectivity index (χ1) is 5.16. The highest BCUT2D eigenvalue weighted by Crippen LogP contribution is 1.78. The Balaban J connectivity index is 3.29. The zero-order chi connectivity index (χ0) is 8.69. The molecule has 0 saturated carbocycles. The van der Waals surface area contributed by atoms with Gasteiger partial charge in [0, 0.05) is 12.6 Å². The van der Waals surface area contributed by atoms with Gasteiger partial charge in [0.25, 0.3) is 0 Å². The highest BCUT2D eigenvalue weighted by molar-refractivity contribution is 5.67. The molecular formula is C7H14N2O2. The summed E-state index contributed by atoms with van der Waals surface area (Å²) >= 11 is 0. The first-order valence-electron chi connectivity index (χ1n) is 3.44. The van der Waals surface area contributed by atoms with Crippen LogP contribution in [0.5, 0.6) is 0 Å². The summed E-state index contributed by atoms with van der Waals surface area (Å²) < 4.78 is 4.62. The summed E-state index contributed by atoms with van der Waals surface area (Å²) in [7, 11) is 0. The second-order valence-electron chi connectivity index (χ2n) is 2.25. The Labute approximate surface area is 66.4 Å². The molecule has 1 amide bonds. The van der Waals surface area contributed by atoms with E-state index in [0.29, 0.717) is 6.54 Å². The molecule has 0 saturated heterocycles. The van der Waals surface area contributed by atoms with Crippen LogP contribution in [0, 0.1) is 0 Å². The zero-order valence-corrected chi connectivity index (χ0v) is 6.67. The molecule has 4 heteroatoms. The molecule has 0 spiro atoms. The van der Waals surface area contributed by atoms with Gasteiger partial charge in [-0.1, -0.05) is 12.7 Å². The van der Waals surface area contributed by atoms with E-state index < -0.39 is 6.09 Å². The van der Waals surface area contributed by atoms with Crippen molar-refractivity contribution in [1.82, 2.24) is 5.32 Å². The topological polar surface area (TPSA) is 64.3 Å². The number of hydrogen-bond donors (Lipinski definition) is 2. The predicted molar refractivity (Wildman–Crippen MR) is 43.2 cm³/mol. The van der Waals surface area contributed by atoms with Crippen LogP contribution in [0.2, 0.25) is 0 Å².